The van der Waals surface area contributed by atoms with Crippen molar-refractivity contribution in [2.24, 2.45) is 10.9 Å². The van der Waals surface area contributed by atoms with Gasteiger partial charge in [-0.3, -0.25) is 4.79 Å². The van der Waals surface area contributed by atoms with Crippen LogP contribution in [0.5, 0.6) is 0 Å². The number of hydrogen-bond donors (Lipinski definition) is 3. The molecule has 1 aromatic carbocycles. The Morgan fingerprint density at radius 1 is 1.29 bits per heavy atom. The number of nitrogens with two attached hydrogens (primary N) is 1. The van der Waals surface area contributed by atoms with Crippen LogP contribution in [0.3, 0.4) is 0 Å². The van der Waals surface area contributed by atoms with E-state index in [0.29, 0.717) is 12.8 Å². The zero-order valence-corrected chi connectivity index (χ0v) is 11.8. The number of halogens is 1. The van der Waals surface area contributed by atoms with E-state index in [-0.39, 0.29) is 11.4 Å². The summed E-state index contributed by atoms with van der Waals surface area (Å²) in [5.41, 5.74) is 5.19. The second-order valence-electron chi connectivity index (χ2n) is 5.45. The highest BCUT2D eigenvalue weighted by molar-refractivity contribution is 6.00. The smallest absolute Gasteiger partial charge is 0.252 e. The molecule has 1 aromatic rings. The molecule has 0 atom stereocenters. The maximum atomic E-state index is 13.2. The Hall–Kier alpha value is -2.11. The number of hydrogen-bond acceptors (Lipinski definition) is 3. The molecule has 1 saturated carbocycles. The van der Waals surface area contributed by atoms with Gasteiger partial charge in [-0.25, -0.2) is 4.39 Å². The number of rotatable bonds is 3. The molecule has 1 aliphatic rings. The number of nitrogens with one attached hydrogen (secondary N) is 1. The normalized spacial score (nSPS) is 18.8. The zero-order chi connectivity index (χ0) is 15.3. The van der Waals surface area contributed by atoms with Crippen LogP contribution >= 0.6 is 0 Å². The lowest BCUT2D eigenvalue weighted by Crippen LogP contribution is -2.57. The van der Waals surface area contributed by atoms with Gasteiger partial charge >= 0.3 is 0 Å². The topological polar surface area (TPSA) is 87.7 Å². The Morgan fingerprint density at radius 3 is 2.52 bits per heavy atom. The Bertz CT molecular complexity index is 537. The number of oxime groups is 1. The van der Waals surface area contributed by atoms with Crippen LogP contribution in [0.1, 0.15) is 48.9 Å². The molecule has 0 saturated heterocycles. The van der Waals surface area contributed by atoms with Crippen molar-refractivity contribution in [2.75, 3.05) is 0 Å². The quantitative estimate of drug-likeness (QED) is 0.263. The fraction of sp³-hybridized carbons (Fsp3) is 0.467. The average molecular weight is 293 g/mol. The number of amides is 1. The van der Waals surface area contributed by atoms with Crippen molar-refractivity contribution in [1.82, 2.24) is 5.32 Å². The summed E-state index contributed by atoms with van der Waals surface area (Å²) in [5, 5.41) is 15.0. The lowest BCUT2D eigenvalue weighted by Gasteiger charge is -2.32. The first-order chi connectivity index (χ1) is 10.1. The van der Waals surface area contributed by atoms with E-state index in [9.17, 15) is 9.18 Å². The Balaban J connectivity index is 2.24. The summed E-state index contributed by atoms with van der Waals surface area (Å²) >= 11 is 0. The van der Waals surface area contributed by atoms with Gasteiger partial charge in [0, 0.05) is 5.56 Å². The maximum Gasteiger partial charge on any atom is 0.252 e. The van der Waals surface area contributed by atoms with Gasteiger partial charge in [-0.15, -0.1) is 0 Å². The molecule has 21 heavy (non-hydrogen) atoms. The summed E-state index contributed by atoms with van der Waals surface area (Å²) in [7, 11) is 0. The Labute approximate surface area is 123 Å². The molecule has 1 fully saturated rings. The van der Waals surface area contributed by atoms with E-state index >= 15 is 0 Å². The van der Waals surface area contributed by atoms with Gasteiger partial charge in [-0.05, 0) is 31.0 Å². The monoisotopic (exact) mass is 293 g/mol. The third kappa shape index (κ3) is 3.51. The zero-order valence-electron chi connectivity index (χ0n) is 11.8. The number of benzene rings is 1. The van der Waals surface area contributed by atoms with Crippen LogP contribution in [0.2, 0.25) is 0 Å². The van der Waals surface area contributed by atoms with Crippen LogP contribution in [0, 0.1) is 5.82 Å². The molecule has 0 bridgehead atoms. The van der Waals surface area contributed by atoms with Gasteiger partial charge in [0.1, 0.15) is 11.4 Å². The average Bonchev–Trinajstić information content (AvgIpc) is 2.73. The molecule has 2 rings (SSSR count). The molecule has 0 aromatic heterocycles. The number of carbonyl (C=O) groups excluding carboxylic acids is 1. The summed E-state index contributed by atoms with van der Waals surface area (Å²) in [4.78, 5) is 12.3. The van der Waals surface area contributed by atoms with Crippen molar-refractivity contribution in [2.45, 2.75) is 44.1 Å². The third-order valence-corrected chi connectivity index (χ3v) is 3.99. The molecular formula is C15H20FN3O2. The summed E-state index contributed by atoms with van der Waals surface area (Å²) in [6, 6.07) is 5.47. The first kappa shape index (κ1) is 15.3. The Kier molecular flexibility index (Phi) is 4.77. The highest BCUT2D eigenvalue weighted by atomic mass is 19.1. The van der Waals surface area contributed by atoms with Crippen molar-refractivity contribution < 1.29 is 14.4 Å². The van der Waals surface area contributed by atoms with Gasteiger partial charge in [-0.2, -0.15) is 0 Å². The molecule has 0 radical (unpaired) electrons. The molecule has 114 valence electrons. The molecule has 0 heterocycles. The van der Waals surface area contributed by atoms with Crippen LogP contribution < -0.4 is 11.1 Å². The lowest BCUT2D eigenvalue weighted by atomic mass is 9.88. The predicted octanol–water partition coefficient (Wildman–Crippen LogP) is 2.39. The lowest BCUT2D eigenvalue weighted by molar-refractivity contribution is 0.0915. The molecule has 4 N–H and O–H groups in total. The molecule has 5 nitrogen and oxygen atoms in total. The van der Waals surface area contributed by atoms with Crippen LogP contribution in [0.15, 0.2) is 29.4 Å². The minimum Gasteiger partial charge on any atom is -0.409 e. The van der Waals surface area contributed by atoms with Crippen molar-refractivity contribution in [3.63, 3.8) is 0 Å². The number of carbonyl (C=O) groups is 1. The maximum absolute atomic E-state index is 13.2. The van der Waals surface area contributed by atoms with Gasteiger partial charge < -0.3 is 16.3 Å². The predicted molar refractivity (Wildman–Crippen MR) is 77.7 cm³/mol. The first-order valence-electron chi connectivity index (χ1n) is 7.13. The second-order valence-corrected chi connectivity index (χ2v) is 5.45. The largest absolute Gasteiger partial charge is 0.409 e. The highest BCUT2D eigenvalue weighted by Gasteiger charge is 2.37. The summed E-state index contributed by atoms with van der Waals surface area (Å²) in [6.45, 7) is 0. The summed E-state index contributed by atoms with van der Waals surface area (Å²) in [6.07, 6.45) is 5.11. The van der Waals surface area contributed by atoms with Crippen LogP contribution in [-0.4, -0.2) is 22.5 Å². The van der Waals surface area contributed by atoms with E-state index in [4.69, 9.17) is 10.9 Å². The van der Waals surface area contributed by atoms with Gasteiger partial charge in [0.05, 0.1) is 0 Å². The van der Waals surface area contributed by atoms with Crippen LogP contribution in [-0.2, 0) is 0 Å². The van der Waals surface area contributed by atoms with E-state index in [1.807, 2.05) is 0 Å². The molecular weight excluding hydrogens is 273 g/mol. The van der Waals surface area contributed by atoms with E-state index in [0.717, 1.165) is 25.7 Å². The van der Waals surface area contributed by atoms with Crippen molar-refractivity contribution in [3.8, 4) is 0 Å². The van der Waals surface area contributed by atoms with Gasteiger partial charge in [0.15, 0.2) is 5.84 Å². The van der Waals surface area contributed by atoms with E-state index < -0.39 is 17.3 Å². The third-order valence-electron chi connectivity index (χ3n) is 3.99. The van der Waals surface area contributed by atoms with Crippen molar-refractivity contribution in [3.05, 3.63) is 35.6 Å². The highest BCUT2D eigenvalue weighted by Crippen LogP contribution is 2.28. The summed E-state index contributed by atoms with van der Waals surface area (Å²) < 4.78 is 13.2. The molecule has 0 aliphatic heterocycles. The molecule has 1 aliphatic carbocycles. The van der Waals surface area contributed by atoms with E-state index in [2.05, 4.69) is 10.5 Å². The van der Waals surface area contributed by atoms with Gasteiger partial charge in [0.2, 0.25) is 0 Å². The SMILES string of the molecule is N/C(=N/O)C1(NC(=O)c2cccc(F)c2)CCCCCC1. The second kappa shape index (κ2) is 6.56. The van der Waals surface area contributed by atoms with Crippen LogP contribution in [0.4, 0.5) is 4.39 Å². The van der Waals surface area contributed by atoms with Crippen LogP contribution in [0.25, 0.3) is 0 Å². The molecule has 0 unspecified atom stereocenters. The first-order valence-corrected chi connectivity index (χ1v) is 7.13. The van der Waals surface area contributed by atoms with Gasteiger partial charge in [0.25, 0.3) is 5.91 Å². The van der Waals surface area contributed by atoms with E-state index in [1.54, 1.807) is 0 Å². The fourth-order valence-corrected chi connectivity index (χ4v) is 2.79. The fourth-order valence-electron chi connectivity index (χ4n) is 2.79. The number of amidine groups is 1. The number of nitrogens with zero attached hydrogens (tertiary/aromatic N) is 1. The van der Waals surface area contributed by atoms with Crippen molar-refractivity contribution in [1.29, 1.82) is 0 Å². The van der Waals surface area contributed by atoms with E-state index in [1.165, 1.54) is 24.3 Å². The molecule has 1 amide bonds. The Morgan fingerprint density at radius 2 is 1.95 bits per heavy atom. The molecule has 0 spiro atoms. The molecule has 6 heteroatoms. The van der Waals surface area contributed by atoms with Gasteiger partial charge in [-0.1, -0.05) is 36.9 Å². The minimum absolute atomic E-state index is 0.00848. The summed E-state index contributed by atoms with van der Waals surface area (Å²) in [5.74, 6) is -0.876. The van der Waals surface area contributed by atoms with Crippen molar-refractivity contribution >= 4 is 11.7 Å². The minimum atomic E-state index is -0.853. The standard InChI is InChI=1S/C15H20FN3O2/c16-12-7-5-6-11(10-12)13(20)18-15(14(17)19-21)8-3-1-2-4-9-15/h5-7,10,21H,1-4,8-9H2,(H2,17,19)(H,18,20).